The van der Waals surface area contributed by atoms with Crippen molar-refractivity contribution < 1.29 is 13.2 Å². The highest BCUT2D eigenvalue weighted by atomic mass is 32.2. The van der Waals surface area contributed by atoms with Gasteiger partial charge in [-0.05, 0) is 49.4 Å². The van der Waals surface area contributed by atoms with Crippen LogP contribution in [0, 0.1) is 5.92 Å². The number of carbonyl (C=O) groups is 1. The first kappa shape index (κ1) is 23.0. The van der Waals surface area contributed by atoms with Gasteiger partial charge in [0.25, 0.3) is 10.0 Å². The van der Waals surface area contributed by atoms with Gasteiger partial charge in [-0.25, -0.2) is 13.4 Å². The average Bonchev–Trinajstić information content (AvgIpc) is 3.37. The largest absolute Gasteiger partial charge is 0.340 e. The molecule has 5 rings (SSSR count). The first-order valence-corrected chi connectivity index (χ1v) is 14.0. The number of fused-ring (bicyclic) bond motifs is 2. The Bertz CT molecular complexity index is 1330. The number of amides is 1. The molecule has 3 heterocycles. The molecule has 2 aliphatic rings. The molecule has 0 spiro atoms. The van der Waals surface area contributed by atoms with Gasteiger partial charge in [-0.1, -0.05) is 38.1 Å². The molecular weight excluding hydrogens is 468 g/mol. The Balaban J connectivity index is 1.40. The highest BCUT2D eigenvalue weighted by molar-refractivity contribution is 7.90. The molecule has 1 amide bonds. The zero-order valence-corrected chi connectivity index (χ0v) is 20.9. The molecule has 34 heavy (non-hydrogen) atoms. The van der Waals surface area contributed by atoms with Gasteiger partial charge in [0, 0.05) is 24.6 Å². The normalized spacial score (nSPS) is 21.6. The van der Waals surface area contributed by atoms with E-state index in [1.165, 1.54) is 0 Å². The fourth-order valence-electron chi connectivity index (χ4n) is 4.70. The minimum Gasteiger partial charge on any atom is -0.340 e. The number of aliphatic imine (C=N–C) groups is 1. The van der Waals surface area contributed by atoms with Crippen LogP contribution < -0.4 is 4.72 Å². The number of carbonyl (C=O) groups excluding carboxylic acids is 1. The molecule has 2 atom stereocenters. The fraction of sp³-hybridized carbons (Fsp3) is 0.400. The van der Waals surface area contributed by atoms with Crippen molar-refractivity contribution in [3.8, 4) is 0 Å². The Morgan fingerprint density at radius 3 is 2.76 bits per heavy atom. The van der Waals surface area contributed by atoms with Crippen LogP contribution in [0.2, 0.25) is 0 Å². The van der Waals surface area contributed by atoms with Crippen molar-refractivity contribution in [3.05, 3.63) is 59.1 Å². The predicted molar refractivity (Wildman–Crippen MR) is 135 cm³/mol. The molecule has 2 aromatic carbocycles. The molecule has 178 valence electrons. The lowest BCUT2D eigenvalue weighted by molar-refractivity contribution is -0.134. The summed E-state index contributed by atoms with van der Waals surface area (Å²) in [6.07, 6.45) is 2.46. The maximum atomic E-state index is 13.7. The van der Waals surface area contributed by atoms with Gasteiger partial charge >= 0.3 is 0 Å². The quantitative estimate of drug-likeness (QED) is 0.574. The summed E-state index contributed by atoms with van der Waals surface area (Å²) < 4.78 is 28.8. The Labute approximate surface area is 204 Å². The van der Waals surface area contributed by atoms with E-state index in [2.05, 4.69) is 15.8 Å². The second-order valence-corrected chi connectivity index (χ2v) is 12.1. The number of hydrogen-bond donors (Lipinski definition) is 1. The van der Waals surface area contributed by atoms with E-state index in [9.17, 15) is 13.2 Å². The molecule has 0 saturated carbocycles. The van der Waals surface area contributed by atoms with Crippen molar-refractivity contribution >= 4 is 43.3 Å². The maximum absolute atomic E-state index is 13.7. The van der Waals surface area contributed by atoms with Gasteiger partial charge in [0.1, 0.15) is 11.9 Å². The number of benzene rings is 2. The van der Waals surface area contributed by atoms with Gasteiger partial charge < -0.3 is 4.90 Å². The molecule has 3 aromatic rings. The number of aromatic nitrogens is 1. The lowest BCUT2D eigenvalue weighted by Crippen LogP contribution is -2.44. The maximum Gasteiger partial charge on any atom is 0.263 e. The van der Waals surface area contributed by atoms with Crippen LogP contribution >= 0.6 is 11.3 Å². The van der Waals surface area contributed by atoms with E-state index < -0.39 is 16.1 Å². The van der Waals surface area contributed by atoms with Crippen LogP contribution in [0.4, 0.5) is 0 Å². The van der Waals surface area contributed by atoms with E-state index in [1.807, 2.05) is 36.9 Å². The number of nitrogens with zero attached hydrogens (tertiary/aromatic N) is 3. The zero-order valence-electron chi connectivity index (χ0n) is 19.3. The number of amidine groups is 1. The van der Waals surface area contributed by atoms with Crippen LogP contribution in [0.3, 0.4) is 0 Å². The minimum absolute atomic E-state index is 0.0457. The Morgan fingerprint density at radius 1 is 1.21 bits per heavy atom. The molecule has 2 aliphatic heterocycles. The van der Waals surface area contributed by atoms with Crippen LogP contribution in [0.5, 0.6) is 0 Å². The van der Waals surface area contributed by atoms with E-state index in [1.54, 1.807) is 35.6 Å². The number of hydrogen-bond acceptors (Lipinski definition) is 6. The molecule has 1 N–H and O–H groups in total. The molecule has 1 aromatic heterocycles. The summed E-state index contributed by atoms with van der Waals surface area (Å²) in [7, 11) is -3.65. The van der Waals surface area contributed by atoms with Crippen LogP contribution in [-0.4, -0.2) is 49.2 Å². The highest BCUT2D eigenvalue weighted by Crippen LogP contribution is 2.33. The van der Waals surface area contributed by atoms with Crippen LogP contribution in [0.1, 0.15) is 49.6 Å². The summed E-state index contributed by atoms with van der Waals surface area (Å²) in [6.45, 7) is 5.39. The molecule has 9 heteroatoms. The number of piperidine rings is 1. The van der Waals surface area contributed by atoms with Crippen LogP contribution in [0.15, 0.2) is 58.4 Å². The Hall–Kier alpha value is -2.78. The minimum atomic E-state index is -3.65. The van der Waals surface area contributed by atoms with Gasteiger partial charge in [-0.2, -0.15) is 0 Å². The first-order valence-electron chi connectivity index (χ1n) is 11.7. The zero-order chi connectivity index (χ0) is 23.9. The third-order valence-electron chi connectivity index (χ3n) is 6.32. The van der Waals surface area contributed by atoms with Gasteiger partial charge in [-0.3, -0.25) is 14.5 Å². The number of sulfonamides is 1. The van der Waals surface area contributed by atoms with Crippen LogP contribution in [0.25, 0.3) is 10.2 Å². The van der Waals surface area contributed by atoms with E-state index in [4.69, 9.17) is 4.98 Å². The van der Waals surface area contributed by atoms with Gasteiger partial charge in [0.15, 0.2) is 0 Å². The van der Waals surface area contributed by atoms with Crippen molar-refractivity contribution in [2.75, 3.05) is 13.1 Å². The van der Waals surface area contributed by atoms with Crippen molar-refractivity contribution in [3.63, 3.8) is 0 Å². The molecule has 1 saturated heterocycles. The first-order chi connectivity index (χ1) is 16.3. The lowest BCUT2D eigenvalue weighted by atomic mass is 9.96. The Kier molecular flexibility index (Phi) is 6.16. The van der Waals surface area contributed by atoms with Crippen molar-refractivity contribution in [1.82, 2.24) is 14.6 Å². The van der Waals surface area contributed by atoms with Crippen molar-refractivity contribution in [2.24, 2.45) is 10.9 Å². The third kappa shape index (κ3) is 4.46. The molecule has 7 nitrogen and oxygen atoms in total. The van der Waals surface area contributed by atoms with Gasteiger partial charge in [0.2, 0.25) is 5.91 Å². The number of nitrogens with one attached hydrogen (secondary N) is 1. The average molecular weight is 497 g/mol. The summed E-state index contributed by atoms with van der Waals surface area (Å²) in [5.41, 5.74) is 1.53. The fourth-order valence-corrected chi connectivity index (χ4v) is 7.03. The molecule has 0 aliphatic carbocycles. The topological polar surface area (TPSA) is 91.7 Å². The molecule has 1 fully saturated rings. The number of thiazole rings is 1. The van der Waals surface area contributed by atoms with Crippen molar-refractivity contribution in [2.45, 2.75) is 50.0 Å². The molecule has 0 bridgehead atoms. The number of likely N-dealkylation sites (tertiary alicyclic amines) is 1. The lowest BCUT2D eigenvalue weighted by Gasteiger charge is -2.33. The smallest absolute Gasteiger partial charge is 0.263 e. The summed E-state index contributed by atoms with van der Waals surface area (Å²) in [6, 6.07) is 14.2. The second-order valence-electron chi connectivity index (χ2n) is 9.37. The molecular formula is C25H28N4O3S2. The summed E-state index contributed by atoms with van der Waals surface area (Å²) in [5.74, 6) is 0.648. The molecule has 0 radical (unpaired) electrons. The predicted octanol–water partition coefficient (Wildman–Crippen LogP) is 4.16. The monoisotopic (exact) mass is 496 g/mol. The number of rotatable bonds is 5. The second kappa shape index (κ2) is 9.11. The summed E-state index contributed by atoms with van der Waals surface area (Å²) in [4.78, 5) is 25.3. The highest BCUT2D eigenvalue weighted by Gasteiger charge is 2.34. The third-order valence-corrected chi connectivity index (χ3v) is 8.92. The summed E-state index contributed by atoms with van der Waals surface area (Å²) in [5, 5.41) is 1.07. The molecule has 2 unspecified atom stereocenters. The van der Waals surface area contributed by atoms with E-state index >= 15 is 0 Å². The number of para-hydroxylation sites is 1. The standard InChI is InChI=1S/C25H28N4O3S2/c1-16(2)14-20(26-23-18-9-3-6-12-22(18)34(31,32)28-23)25(30)29-13-7-8-17(15-29)24-27-19-10-4-5-11-21(19)33-24/h3-6,9-12,16-17,20H,7-8,13-15H2,1-2H3,(H,26,28). The SMILES string of the molecule is CC(C)CC(N=C1NS(=O)(=O)c2ccccc21)C(=O)N1CCCC(c2nc3ccccc3s2)C1. The van der Waals surface area contributed by atoms with Gasteiger partial charge in [0.05, 0.1) is 20.1 Å². The van der Waals surface area contributed by atoms with E-state index in [0.717, 1.165) is 28.1 Å². The van der Waals surface area contributed by atoms with E-state index in [-0.39, 0.29) is 28.5 Å². The van der Waals surface area contributed by atoms with Crippen LogP contribution in [-0.2, 0) is 14.8 Å². The summed E-state index contributed by atoms with van der Waals surface area (Å²) >= 11 is 1.70. The van der Waals surface area contributed by atoms with Gasteiger partial charge in [-0.15, -0.1) is 11.3 Å². The van der Waals surface area contributed by atoms with E-state index in [0.29, 0.717) is 25.1 Å². The van der Waals surface area contributed by atoms with Crippen molar-refractivity contribution in [1.29, 1.82) is 0 Å². The Morgan fingerprint density at radius 2 is 1.97 bits per heavy atom.